The lowest BCUT2D eigenvalue weighted by atomic mass is 9.94. The zero-order valence-corrected chi connectivity index (χ0v) is 14.9. The van der Waals surface area contributed by atoms with Crippen LogP contribution >= 0.6 is 11.6 Å². The van der Waals surface area contributed by atoms with E-state index in [1.807, 2.05) is 0 Å². The number of halogens is 1. The van der Waals surface area contributed by atoms with Crippen LogP contribution in [0.15, 0.2) is 18.2 Å². The Morgan fingerprint density at radius 2 is 2.04 bits per heavy atom. The molecule has 2 aliphatic rings. The molecule has 2 fully saturated rings. The van der Waals surface area contributed by atoms with Crippen molar-refractivity contribution >= 4 is 23.3 Å². The highest BCUT2D eigenvalue weighted by Gasteiger charge is 2.29. The van der Waals surface area contributed by atoms with Crippen LogP contribution in [0.2, 0.25) is 5.02 Å². The SMILES string of the molecule is COc1ccc(Cl)cc1NC(=O)N[C@H]1CCN(C2CCCCC2)C1. The highest BCUT2D eigenvalue weighted by molar-refractivity contribution is 6.31. The van der Waals surface area contributed by atoms with Crippen molar-refractivity contribution in [3.63, 3.8) is 0 Å². The molecular formula is C18H26ClN3O2. The van der Waals surface area contributed by atoms with Crippen LogP contribution in [0.3, 0.4) is 0 Å². The first-order valence-electron chi connectivity index (χ1n) is 8.81. The van der Waals surface area contributed by atoms with Gasteiger partial charge < -0.3 is 15.4 Å². The number of nitrogens with one attached hydrogen (secondary N) is 2. The van der Waals surface area contributed by atoms with Crippen molar-refractivity contribution in [1.82, 2.24) is 10.2 Å². The van der Waals surface area contributed by atoms with Gasteiger partial charge >= 0.3 is 6.03 Å². The predicted molar refractivity (Wildman–Crippen MR) is 97.0 cm³/mol. The third-order valence-electron chi connectivity index (χ3n) is 5.06. The predicted octanol–water partition coefficient (Wildman–Crippen LogP) is 3.88. The van der Waals surface area contributed by atoms with Gasteiger partial charge in [0.15, 0.2) is 0 Å². The summed E-state index contributed by atoms with van der Waals surface area (Å²) >= 11 is 6.00. The van der Waals surface area contributed by atoms with E-state index in [9.17, 15) is 4.79 Å². The van der Waals surface area contributed by atoms with E-state index in [4.69, 9.17) is 16.3 Å². The number of ether oxygens (including phenoxy) is 1. The lowest BCUT2D eigenvalue weighted by Crippen LogP contribution is -2.42. The zero-order valence-electron chi connectivity index (χ0n) is 14.2. The Labute approximate surface area is 148 Å². The van der Waals surface area contributed by atoms with E-state index in [1.54, 1.807) is 25.3 Å². The molecule has 2 amide bonds. The lowest BCUT2D eigenvalue weighted by molar-refractivity contribution is 0.187. The molecule has 24 heavy (non-hydrogen) atoms. The number of hydrogen-bond acceptors (Lipinski definition) is 3. The largest absolute Gasteiger partial charge is 0.495 e. The van der Waals surface area contributed by atoms with E-state index in [1.165, 1.54) is 32.1 Å². The van der Waals surface area contributed by atoms with Crippen molar-refractivity contribution in [1.29, 1.82) is 0 Å². The summed E-state index contributed by atoms with van der Waals surface area (Å²) in [6.45, 7) is 2.03. The van der Waals surface area contributed by atoms with Gasteiger partial charge in [-0.3, -0.25) is 4.90 Å². The minimum atomic E-state index is -0.203. The molecule has 1 aliphatic heterocycles. The molecule has 0 spiro atoms. The number of hydrogen-bond donors (Lipinski definition) is 2. The quantitative estimate of drug-likeness (QED) is 0.865. The Morgan fingerprint density at radius 3 is 2.79 bits per heavy atom. The van der Waals surface area contributed by atoms with Crippen molar-refractivity contribution in [3.8, 4) is 5.75 Å². The molecule has 0 radical (unpaired) electrons. The molecule has 1 saturated heterocycles. The first kappa shape index (κ1) is 17.4. The van der Waals surface area contributed by atoms with Crippen LogP contribution in [0.4, 0.5) is 10.5 Å². The Kier molecular flexibility index (Phi) is 5.85. The summed E-state index contributed by atoms with van der Waals surface area (Å²) in [6, 6.07) is 5.90. The van der Waals surface area contributed by atoms with Crippen LogP contribution in [0.1, 0.15) is 38.5 Å². The van der Waals surface area contributed by atoms with Gasteiger partial charge in [0, 0.05) is 30.2 Å². The number of nitrogens with zero attached hydrogens (tertiary/aromatic N) is 1. The second-order valence-corrected chi connectivity index (χ2v) is 7.15. The van der Waals surface area contributed by atoms with Crippen molar-refractivity contribution in [2.24, 2.45) is 0 Å². The Balaban J connectivity index is 1.51. The third kappa shape index (κ3) is 4.33. The minimum absolute atomic E-state index is 0.203. The monoisotopic (exact) mass is 351 g/mol. The fraction of sp³-hybridized carbons (Fsp3) is 0.611. The van der Waals surface area contributed by atoms with E-state index >= 15 is 0 Å². The van der Waals surface area contributed by atoms with Gasteiger partial charge in [0.1, 0.15) is 5.75 Å². The van der Waals surface area contributed by atoms with Crippen LogP contribution in [0.5, 0.6) is 5.75 Å². The van der Waals surface area contributed by atoms with Crippen LogP contribution in [-0.4, -0.2) is 43.2 Å². The molecule has 1 saturated carbocycles. The molecule has 1 aliphatic carbocycles. The molecule has 1 aromatic rings. The van der Waals surface area contributed by atoms with E-state index in [0.717, 1.165) is 19.5 Å². The Bertz CT molecular complexity index is 575. The molecule has 0 bridgehead atoms. The number of rotatable bonds is 4. The molecule has 1 heterocycles. The number of benzene rings is 1. The van der Waals surface area contributed by atoms with Gasteiger partial charge in [-0.05, 0) is 37.5 Å². The fourth-order valence-electron chi connectivity index (χ4n) is 3.80. The highest BCUT2D eigenvalue weighted by Crippen LogP contribution is 2.28. The van der Waals surface area contributed by atoms with E-state index in [2.05, 4.69) is 15.5 Å². The van der Waals surface area contributed by atoms with Crippen molar-refractivity contribution in [3.05, 3.63) is 23.2 Å². The van der Waals surface area contributed by atoms with E-state index in [0.29, 0.717) is 22.5 Å². The molecule has 3 rings (SSSR count). The average Bonchev–Trinajstić information content (AvgIpc) is 3.04. The highest BCUT2D eigenvalue weighted by atomic mass is 35.5. The molecular weight excluding hydrogens is 326 g/mol. The number of amides is 2. The summed E-state index contributed by atoms with van der Waals surface area (Å²) in [5, 5.41) is 6.49. The van der Waals surface area contributed by atoms with Crippen molar-refractivity contribution < 1.29 is 9.53 Å². The van der Waals surface area contributed by atoms with Crippen LogP contribution in [-0.2, 0) is 0 Å². The number of likely N-dealkylation sites (tertiary alicyclic amines) is 1. The number of carbonyl (C=O) groups excluding carboxylic acids is 1. The molecule has 0 aromatic heterocycles. The van der Waals surface area contributed by atoms with Crippen LogP contribution in [0, 0.1) is 0 Å². The molecule has 1 atom stereocenters. The zero-order chi connectivity index (χ0) is 16.9. The first-order valence-corrected chi connectivity index (χ1v) is 9.18. The van der Waals surface area contributed by atoms with E-state index < -0.39 is 0 Å². The van der Waals surface area contributed by atoms with Gasteiger partial charge in [0.2, 0.25) is 0 Å². The third-order valence-corrected chi connectivity index (χ3v) is 5.29. The van der Waals surface area contributed by atoms with Crippen molar-refractivity contribution in [2.75, 3.05) is 25.5 Å². The summed E-state index contributed by atoms with van der Waals surface area (Å²) in [5.74, 6) is 0.602. The molecule has 132 valence electrons. The summed E-state index contributed by atoms with van der Waals surface area (Å²) in [4.78, 5) is 14.8. The maximum atomic E-state index is 12.3. The lowest BCUT2D eigenvalue weighted by Gasteiger charge is -2.31. The second kappa shape index (κ2) is 8.08. The number of anilines is 1. The first-order chi connectivity index (χ1) is 11.7. The summed E-state index contributed by atoms with van der Waals surface area (Å²) in [7, 11) is 1.57. The van der Waals surface area contributed by atoms with Crippen LogP contribution in [0.25, 0.3) is 0 Å². The normalized spacial score (nSPS) is 22.3. The van der Waals surface area contributed by atoms with Crippen LogP contribution < -0.4 is 15.4 Å². The summed E-state index contributed by atoms with van der Waals surface area (Å²) in [5.41, 5.74) is 0.588. The maximum Gasteiger partial charge on any atom is 0.319 e. The molecule has 0 unspecified atom stereocenters. The number of urea groups is 1. The van der Waals surface area contributed by atoms with Gasteiger partial charge in [-0.1, -0.05) is 30.9 Å². The fourth-order valence-corrected chi connectivity index (χ4v) is 3.98. The Hall–Kier alpha value is -1.46. The number of carbonyl (C=O) groups is 1. The topological polar surface area (TPSA) is 53.6 Å². The molecule has 1 aromatic carbocycles. The summed E-state index contributed by atoms with van der Waals surface area (Å²) in [6.07, 6.45) is 7.67. The smallest absolute Gasteiger partial charge is 0.319 e. The van der Waals surface area contributed by atoms with E-state index in [-0.39, 0.29) is 12.1 Å². The van der Waals surface area contributed by atoms with Gasteiger partial charge in [0.25, 0.3) is 0 Å². The minimum Gasteiger partial charge on any atom is -0.495 e. The molecule has 6 heteroatoms. The maximum absolute atomic E-state index is 12.3. The summed E-state index contributed by atoms with van der Waals surface area (Å²) < 4.78 is 5.26. The number of methoxy groups -OCH3 is 1. The standard InChI is InChI=1S/C18H26ClN3O2/c1-24-17-8-7-13(19)11-16(17)21-18(23)20-14-9-10-22(12-14)15-5-3-2-4-6-15/h7-8,11,14-15H,2-6,9-10,12H2,1H3,(H2,20,21,23)/t14-/m0/s1. The van der Waals surface area contributed by atoms with Gasteiger partial charge in [0.05, 0.1) is 12.8 Å². The van der Waals surface area contributed by atoms with Crippen molar-refractivity contribution in [2.45, 2.75) is 50.6 Å². The molecule has 5 nitrogen and oxygen atoms in total. The van der Waals surface area contributed by atoms with Gasteiger partial charge in [-0.15, -0.1) is 0 Å². The Morgan fingerprint density at radius 1 is 1.25 bits per heavy atom. The average molecular weight is 352 g/mol. The van der Waals surface area contributed by atoms with Gasteiger partial charge in [-0.2, -0.15) is 0 Å². The molecule has 2 N–H and O–H groups in total. The van der Waals surface area contributed by atoms with Gasteiger partial charge in [-0.25, -0.2) is 4.79 Å². The second-order valence-electron chi connectivity index (χ2n) is 6.72.